The summed E-state index contributed by atoms with van der Waals surface area (Å²) in [6.07, 6.45) is 1.79. The summed E-state index contributed by atoms with van der Waals surface area (Å²) >= 11 is 0. The molecule has 4 aromatic rings. The zero-order valence-electron chi connectivity index (χ0n) is 21.0. The zero-order chi connectivity index (χ0) is 24.9. The van der Waals surface area contributed by atoms with Gasteiger partial charge >= 0.3 is 0 Å². The first kappa shape index (κ1) is 24.4. The lowest BCUT2D eigenvalue weighted by molar-refractivity contribution is -0.118. The molecular formula is C29H33N5O. The van der Waals surface area contributed by atoms with E-state index in [1.165, 1.54) is 11.1 Å². The van der Waals surface area contributed by atoms with E-state index in [1.54, 1.807) is 6.20 Å². The van der Waals surface area contributed by atoms with Crippen LogP contribution in [0.2, 0.25) is 0 Å². The molecule has 2 aromatic carbocycles. The molecule has 0 unspecified atom stereocenters. The molecule has 0 spiro atoms. The lowest BCUT2D eigenvalue weighted by atomic mass is 9.98. The molecule has 35 heavy (non-hydrogen) atoms. The van der Waals surface area contributed by atoms with Crippen LogP contribution >= 0.6 is 0 Å². The fraction of sp³-hybridized carbons (Fsp3) is 0.276. The van der Waals surface area contributed by atoms with E-state index in [0.29, 0.717) is 12.4 Å². The fourth-order valence-electron chi connectivity index (χ4n) is 4.32. The van der Waals surface area contributed by atoms with Crippen molar-refractivity contribution >= 4 is 11.7 Å². The highest BCUT2D eigenvalue weighted by Crippen LogP contribution is 2.27. The van der Waals surface area contributed by atoms with Gasteiger partial charge in [-0.25, -0.2) is 4.98 Å². The third-order valence-electron chi connectivity index (χ3n) is 6.48. The van der Waals surface area contributed by atoms with Gasteiger partial charge in [-0.15, -0.1) is 0 Å². The van der Waals surface area contributed by atoms with Crippen LogP contribution in [0.15, 0.2) is 72.9 Å². The Kier molecular flexibility index (Phi) is 7.42. The number of anilines is 1. The third kappa shape index (κ3) is 5.66. The van der Waals surface area contributed by atoms with Crippen molar-refractivity contribution in [2.45, 2.75) is 39.7 Å². The van der Waals surface area contributed by atoms with Gasteiger partial charge in [0, 0.05) is 36.6 Å². The summed E-state index contributed by atoms with van der Waals surface area (Å²) in [6, 6.07) is 21.7. The predicted octanol–water partition coefficient (Wildman–Crippen LogP) is 5.48. The van der Waals surface area contributed by atoms with Crippen LogP contribution in [0.4, 0.5) is 5.82 Å². The SMILES string of the molecule is Cc1ccc([C@H](C)CN[C@@H](C(=O)Nc2ccc(-c3c(C)nn(C)c3C)cn2)c2ccccc2)cc1. The molecular weight excluding hydrogens is 434 g/mol. The van der Waals surface area contributed by atoms with E-state index >= 15 is 0 Å². The van der Waals surface area contributed by atoms with Crippen molar-refractivity contribution in [3.8, 4) is 11.1 Å². The standard InChI is InChI=1S/C29H33N5O/c1-19-11-13-23(14-12-19)20(2)17-31-28(24-9-7-6-8-10-24)29(35)32-26-16-15-25(18-30-26)27-21(3)33-34(5)22(27)4/h6-16,18,20,28,31H,17H2,1-5H3,(H,30,32,35)/t20-,28-/m1/s1. The molecule has 2 aromatic heterocycles. The zero-order valence-corrected chi connectivity index (χ0v) is 21.0. The normalized spacial score (nSPS) is 12.8. The molecule has 0 bridgehead atoms. The van der Waals surface area contributed by atoms with E-state index in [-0.39, 0.29) is 11.8 Å². The summed E-state index contributed by atoms with van der Waals surface area (Å²) in [7, 11) is 1.93. The second kappa shape index (κ2) is 10.7. The number of rotatable bonds is 8. The Bertz CT molecular complexity index is 1280. The lowest BCUT2D eigenvalue weighted by Crippen LogP contribution is -2.35. The molecule has 0 aliphatic carbocycles. The maximum Gasteiger partial charge on any atom is 0.247 e. The summed E-state index contributed by atoms with van der Waals surface area (Å²) in [5, 5.41) is 11.0. The van der Waals surface area contributed by atoms with E-state index < -0.39 is 6.04 Å². The molecule has 0 saturated carbocycles. The Balaban J connectivity index is 1.49. The molecule has 0 fully saturated rings. The van der Waals surface area contributed by atoms with E-state index in [0.717, 1.165) is 28.1 Å². The number of carbonyl (C=O) groups is 1. The largest absolute Gasteiger partial charge is 0.309 e. The highest BCUT2D eigenvalue weighted by atomic mass is 16.2. The van der Waals surface area contributed by atoms with Crippen molar-refractivity contribution in [1.29, 1.82) is 0 Å². The van der Waals surface area contributed by atoms with Crippen LogP contribution in [0, 0.1) is 20.8 Å². The number of benzene rings is 2. The van der Waals surface area contributed by atoms with Crippen molar-refractivity contribution in [3.05, 3.63) is 101 Å². The topological polar surface area (TPSA) is 71.8 Å². The number of nitrogens with one attached hydrogen (secondary N) is 2. The van der Waals surface area contributed by atoms with Gasteiger partial charge in [0.25, 0.3) is 0 Å². The summed E-state index contributed by atoms with van der Waals surface area (Å²) in [5.74, 6) is 0.645. The van der Waals surface area contributed by atoms with E-state index in [9.17, 15) is 4.79 Å². The molecule has 0 saturated heterocycles. The minimum atomic E-state index is -0.492. The average Bonchev–Trinajstić information content (AvgIpc) is 3.11. The van der Waals surface area contributed by atoms with Crippen LogP contribution in [0.25, 0.3) is 11.1 Å². The summed E-state index contributed by atoms with van der Waals surface area (Å²) in [4.78, 5) is 17.9. The Hall–Kier alpha value is -3.77. The van der Waals surface area contributed by atoms with E-state index in [2.05, 4.69) is 58.8 Å². The number of nitrogens with zero attached hydrogens (tertiary/aromatic N) is 3. The molecule has 0 aliphatic rings. The van der Waals surface area contributed by atoms with E-state index in [4.69, 9.17) is 0 Å². The van der Waals surface area contributed by atoms with Gasteiger partial charge < -0.3 is 10.6 Å². The van der Waals surface area contributed by atoms with Gasteiger partial charge in [-0.2, -0.15) is 5.10 Å². The fourth-order valence-corrected chi connectivity index (χ4v) is 4.32. The van der Waals surface area contributed by atoms with Crippen LogP contribution in [0.5, 0.6) is 0 Å². The number of amides is 1. The molecule has 6 nitrogen and oxygen atoms in total. The molecule has 180 valence electrons. The number of aryl methyl sites for hydroxylation is 3. The highest BCUT2D eigenvalue weighted by molar-refractivity contribution is 5.95. The van der Waals surface area contributed by atoms with Crippen LogP contribution in [-0.4, -0.2) is 27.2 Å². The number of carbonyl (C=O) groups excluding carboxylic acids is 1. The van der Waals surface area contributed by atoms with Gasteiger partial charge in [0.2, 0.25) is 5.91 Å². The van der Waals surface area contributed by atoms with Crippen molar-refractivity contribution < 1.29 is 4.79 Å². The smallest absolute Gasteiger partial charge is 0.247 e. The minimum Gasteiger partial charge on any atom is -0.309 e. The van der Waals surface area contributed by atoms with Crippen molar-refractivity contribution in [1.82, 2.24) is 20.1 Å². The number of hydrogen-bond acceptors (Lipinski definition) is 4. The van der Waals surface area contributed by atoms with Crippen molar-refractivity contribution in [2.24, 2.45) is 7.05 Å². The van der Waals surface area contributed by atoms with Gasteiger partial charge in [0.15, 0.2) is 0 Å². The Morgan fingerprint density at radius 2 is 1.66 bits per heavy atom. The molecule has 0 aliphatic heterocycles. The molecule has 2 heterocycles. The molecule has 2 N–H and O–H groups in total. The second-order valence-corrected chi connectivity index (χ2v) is 9.15. The number of aromatic nitrogens is 3. The predicted molar refractivity (Wildman–Crippen MR) is 141 cm³/mol. The molecule has 2 atom stereocenters. The monoisotopic (exact) mass is 467 g/mol. The first-order chi connectivity index (χ1) is 16.8. The molecule has 1 amide bonds. The summed E-state index contributed by atoms with van der Waals surface area (Å²) < 4.78 is 1.87. The third-order valence-corrected chi connectivity index (χ3v) is 6.48. The van der Waals surface area contributed by atoms with Gasteiger partial charge in [-0.1, -0.05) is 67.1 Å². The maximum absolute atomic E-state index is 13.3. The van der Waals surface area contributed by atoms with Crippen LogP contribution < -0.4 is 10.6 Å². The first-order valence-electron chi connectivity index (χ1n) is 12.0. The Labute approximate surface area is 207 Å². The van der Waals surface area contributed by atoms with Gasteiger partial charge in [0.05, 0.1) is 5.69 Å². The van der Waals surface area contributed by atoms with Gasteiger partial charge in [-0.3, -0.25) is 9.48 Å². The van der Waals surface area contributed by atoms with Crippen molar-refractivity contribution in [3.63, 3.8) is 0 Å². The van der Waals surface area contributed by atoms with Crippen LogP contribution in [0.1, 0.15) is 47.0 Å². The summed E-state index contributed by atoms with van der Waals surface area (Å²) in [6.45, 7) is 8.95. The quantitative estimate of drug-likeness (QED) is 0.360. The number of hydrogen-bond donors (Lipinski definition) is 2. The number of pyridine rings is 1. The van der Waals surface area contributed by atoms with Crippen LogP contribution in [-0.2, 0) is 11.8 Å². The van der Waals surface area contributed by atoms with Gasteiger partial charge in [0.1, 0.15) is 11.9 Å². The van der Waals surface area contributed by atoms with Crippen LogP contribution in [0.3, 0.4) is 0 Å². The minimum absolute atomic E-state index is 0.138. The highest BCUT2D eigenvalue weighted by Gasteiger charge is 2.22. The molecule has 6 heteroatoms. The average molecular weight is 468 g/mol. The Morgan fingerprint density at radius 1 is 0.943 bits per heavy atom. The molecule has 0 radical (unpaired) electrons. The molecule has 4 rings (SSSR count). The van der Waals surface area contributed by atoms with E-state index in [1.807, 2.05) is 68.0 Å². The summed E-state index contributed by atoms with van der Waals surface area (Å²) in [5.41, 5.74) is 7.50. The van der Waals surface area contributed by atoms with Gasteiger partial charge in [-0.05, 0) is 49.9 Å². The second-order valence-electron chi connectivity index (χ2n) is 9.15. The first-order valence-corrected chi connectivity index (χ1v) is 12.0. The lowest BCUT2D eigenvalue weighted by Gasteiger charge is -2.21. The van der Waals surface area contributed by atoms with Crippen molar-refractivity contribution in [2.75, 3.05) is 11.9 Å². The maximum atomic E-state index is 13.3. The Morgan fingerprint density at radius 3 is 2.26 bits per heavy atom.